The van der Waals surface area contributed by atoms with Crippen molar-refractivity contribution in [3.63, 3.8) is 0 Å². The minimum Gasteiger partial charge on any atom is -0.360 e. The van der Waals surface area contributed by atoms with Gasteiger partial charge in [0, 0.05) is 24.4 Å². The first-order valence-electron chi connectivity index (χ1n) is 7.14. The number of rotatable bonds is 7. The highest BCUT2D eigenvalue weighted by atomic mass is 16.5. The molecule has 1 amide bonds. The van der Waals surface area contributed by atoms with Gasteiger partial charge in [0.05, 0.1) is 0 Å². The fourth-order valence-electron chi connectivity index (χ4n) is 1.90. The normalized spacial score (nSPS) is 10.7. The molecule has 0 spiro atoms. The summed E-state index contributed by atoms with van der Waals surface area (Å²) in [6, 6.07) is 5.13. The zero-order valence-electron chi connectivity index (χ0n) is 13.1. The molecule has 22 heavy (non-hydrogen) atoms. The van der Waals surface area contributed by atoms with Crippen molar-refractivity contribution >= 4 is 17.5 Å². The van der Waals surface area contributed by atoms with Crippen LogP contribution in [0, 0.1) is 6.92 Å². The topological polar surface area (TPSA) is 83.3 Å². The van der Waals surface area contributed by atoms with Crippen LogP contribution in [-0.2, 0) is 0 Å². The van der Waals surface area contributed by atoms with Crippen LogP contribution < -0.4 is 10.6 Å². The lowest BCUT2D eigenvalue weighted by Gasteiger charge is -2.10. The number of hydrogen-bond acceptors (Lipinski definition) is 6. The zero-order valence-corrected chi connectivity index (χ0v) is 13.1. The van der Waals surface area contributed by atoms with E-state index in [2.05, 4.69) is 25.7 Å². The summed E-state index contributed by atoms with van der Waals surface area (Å²) in [6.45, 7) is 3.39. The molecule has 2 heterocycles. The molecule has 0 aliphatic heterocycles. The molecule has 2 aromatic heterocycles. The molecular formula is C15H21N5O2. The highest BCUT2D eigenvalue weighted by Crippen LogP contribution is 2.15. The second kappa shape index (κ2) is 7.56. The predicted octanol–water partition coefficient (Wildman–Crippen LogP) is 1.80. The van der Waals surface area contributed by atoms with Gasteiger partial charge in [-0.2, -0.15) is 0 Å². The number of hydrogen-bond donors (Lipinski definition) is 2. The van der Waals surface area contributed by atoms with Crippen LogP contribution in [0.15, 0.2) is 28.9 Å². The van der Waals surface area contributed by atoms with Crippen molar-refractivity contribution < 1.29 is 9.32 Å². The third-order valence-corrected chi connectivity index (χ3v) is 2.97. The Morgan fingerprint density at radius 3 is 2.82 bits per heavy atom. The quantitative estimate of drug-likeness (QED) is 0.759. The largest absolute Gasteiger partial charge is 0.360 e. The van der Waals surface area contributed by atoms with Crippen molar-refractivity contribution in [2.24, 2.45) is 0 Å². The number of carbonyl (C=O) groups excluding carboxylic acids is 1. The molecule has 118 valence electrons. The van der Waals surface area contributed by atoms with Crippen molar-refractivity contribution in [2.45, 2.75) is 13.3 Å². The Kier molecular flexibility index (Phi) is 5.48. The van der Waals surface area contributed by atoms with Crippen molar-refractivity contribution in [3.8, 4) is 0 Å². The number of amides is 1. The average Bonchev–Trinajstić information content (AvgIpc) is 2.88. The summed E-state index contributed by atoms with van der Waals surface area (Å²) in [7, 11) is 4.02. The average molecular weight is 303 g/mol. The molecule has 0 radical (unpaired) electrons. The first-order chi connectivity index (χ1) is 10.5. The fourth-order valence-corrected chi connectivity index (χ4v) is 1.90. The Labute approximate surface area is 129 Å². The molecule has 0 aromatic carbocycles. The molecule has 0 atom stereocenters. The number of anilines is 2. The standard InChI is InChI=1S/C15H21N5O2/c1-11-9-14(19-22-11)18-13-10-12(5-7-16-13)15(21)17-6-4-8-20(2)3/h5,7,9-10H,4,6,8H2,1-3H3,(H,17,21)(H,16,18,19). The van der Waals surface area contributed by atoms with Gasteiger partial charge in [-0.25, -0.2) is 4.98 Å². The van der Waals surface area contributed by atoms with E-state index < -0.39 is 0 Å². The maximum Gasteiger partial charge on any atom is 0.251 e. The Morgan fingerprint density at radius 2 is 2.14 bits per heavy atom. The highest BCUT2D eigenvalue weighted by molar-refractivity contribution is 5.94. The van der Waals surface area contributed by atoms with Gasteiger partial charge in [0.1, 0.15) is 11.6 Å². The Balaban J connectivity index is 1.91. The first kappa shape index (κ1) is 16.0. The third kappa shape index (κ3) is 4.85. The smallest absolute Gasteiger partial charge is 0.251 e. The van der Waals surface area contributed by atoms with Gasteiger partial charge in [-0.3, -0.25) is 4.79 Å². The van der Waals surface area contributed by atoms with Crippen molar-refractivity contribution in [1.82, 2.24) is 20.4 Å². The molecule has 7 nitrogen and oxygen atoms in total. The van der Waals surface area contributed by atoms with Crippen LogP contribution in [0.2, 0.25) is 0 Å². The van der Waals surface area contributed by atoms with Gasteiger partial charge in [0.2, 0.25) is 0 Å². The monoisotopic (exact) mass is 303 g/mol. The second-order valence-electron chi connectivity index (χ2n) is 5.29. The minimum absolute atomic E-state index is 0.111. The molecule has 7 heteroatoms. The summed E-state index contributed by atoms with van der Waals surface area (Å²) in [4.78, 5) is 18.3. The van der Waals surface area contributed by atoms with Crippen molar-refractivity contribution in [1.29, 1.82) is 0 Å². The number of aryl methyl sites for hydroxylation is 1. The maximum atomic E-state index is 12.1. The fraction of sp³-hybridized carbons (Fsp3) is 0.400. The maximum absolute atomic E-state index is 12.1. The Morgan fingerprint density at radius 1 is 1.32 bits per heavy atom. The summed E-state index contributed by atoms with van der Waals surface area (Å²) in [5.74, 6) is 1.71. The molecule has 2 aromatic rings. The first-order valence-corrected chi connectivity index (χ1v) is 7.14. The SMILES string of the molecule is Cc1cc(Nc2cc(C(=O)NCCCN(C)C)ccn2)no1. The van der Waals surface area contributed by atoms with Crippen molar-refractivity contribution in [2.75, 3.05) is 32.5 Å². The molecule has 0 saturated carbocycles. The van der Waals surface area contributed by atoms with Crippen LogP contribution in [0.1, 0.15) is 22.5 Å². The van der Waals surface area contributed by atoms with E-state index in [9.17, 15) is 4.79 Å². The van der Waals surface area contributed by atoms with E-state index in [0.29, 0.717) is 29.5 Å². The lowest BCUT2D eigenvalue weighted by atomic mass is 10.2. The van der Waals surface area contributed by atoms with Gasteiger partial charge < -0.3 is 20.1 Å². The van der Waals surface area contributed by atoms with E-state index >= 15 is 0 Å². The van der Waals surface area contributed by atoms with Crippen molar-refractivity contribution in [3.05, 3.63) is 35.7 Å². The summed E-state index contributed by atoms with van der Waals surface area (Å²) in [5.41, 5.74) is 0.558. The number of nitrogens with one attached hydrogen (secondary N) is 2. The summed E-state index contributed by atoms with van der Waals surface area (Å²) >= 11 is 0. The summed E-state index contributed by atoms with van der Waals surface area (Å²) in [6.07, 6.45) is 2.50. The summed E-state index contributed by atoms with van der Waals surface area (Å²) in [5, 5.41) is 9.73. The Hall–Kier alpha value is -2.41. The zero-order chi connectivity index (χ0) is 15.9. The lowest BCUT2D eigenvalue weighted by Crippen LogP contribution is -2.27. The predicted molar refractivity (Wildman–Crippen MR) is 84.3 cm³/mol. The number of aromatic nitrogens is 2. The van der Waals surface area contributed by atoms with Gasteiger partial charge in [-0.1, -0.05) is 5.16 Å². The number of nitrogens with zero attached hydrogens (tertiary/aromatic N) is 3. The number of pyridine rings is 1. The molecular weight excluding hydrogens is 282 g/mol. The van der Waals surface area contributed by atoms with Crippen LogP contribution >= 0.6 is 0 Å². The van der Waals surface area contributed by atoms with E-state index in [1.54, 1.807) is 24.4 Å². The van der Waals surface area contributed by atoms with Gasteiger partial charge in [0.25, 0.3) is 5.91 Å². The van der Waals surface area contributed by atoms with Gasteiger partial charge >= 0.3 is 0 Å². The van der Waals surface area contributed by atoms with Crippen LogP contribution in [0.25, 0.3) is 0 Å². The van der Waals surface area contributed by atoms with E-state index in [0.717, 1.165) is 13.0 Å². The molecule has 2 N–H and O–H groups in total. The molecule has 0 fully saturated rings. The van der Waals surface area contributed by atoms with Crippen LogP contribution in [0.4, 0.5) is 11.6 Å². The van der Waals surface area contributed by atoms with E-state index in [1.165, 1.54) is 0 Å². The van der Waals surface area contributed by atoms with E-state index in [4.69, 9.17) is 4.52 Å². The Bertz CT molecular complexity index is 624. The third-order valence-electron chi connectivity index (χ3n) is 2.97. The van der Waals surface area contributed by atoms with Gasteiger partial charge in [0.15, 0.2) is 5.82 Å². The lowest BCUT2D eigenvalue weighted by molar-refractivity contribution is 0.0952. The van der Waals surface area contributed by atoms with Gasteiger partial charge in [-0.05, 0) is 46.1 Å². The number of carbonyl (C=O) groups is 1. The molecule has 0 aliphatic carbocycles. The van der Waals surface area contributed by atoms with Crippen LogP contribution in [0.5, 0.6) is 0 Å². The van der Waals surface area contributed by atoms with Crippen LogP contribution in [0.3, 0.4) is 0 Å². The van der Waals surface area contributed by atoms with E-state index in [-0.39, 0.29) is 5.91 Å². The van der Waals surface area contributed by atoms with Crippen LogP contribution in [-0.4, -0.2) is 48.1 Å². The molecule has 0 saturated heterocycles. The second-order valence-corrected chi connectivity index (χ2v) is 5.29. The van der Waals surface area contributed by atoms with E-state index in [1.807, 2.05) is 21.0 Å². The molecule has 0 aliphatic rings. The molecule has 0 unspecified atom stereocenters. The minimum atomic E-state index is -0.111. The highest BCUT2D eigenvalue weighted by Gasteiger charge is 2.08. The molecule has 2 rings (SSSR count). The summed E-state index contributed by atoms with van der Waals surface area (Å²) < 4.78 is 4.98. The van der Waals surface area contributed by atoms with Gasteiger partial charge in [-0.15, -0.1) is 0 Å². The molecule has 0 bridgehead atoms.